The quantitative estimate of drug-likeness (QED) is 0.586. The predicted molar refractivity (Wildman–Crippen MR) is 99.0 cm³/mol. The minimum Gasteiger partial charge on any atom is -0.370 e. The molecule has 5 nitrogen and oxygen atoms in total. The highest BCUT2D eigenvalue weighted by molar-refractivity contribution is 5.94. The highest BCUT2D eigenvalue weighted by Crippen LogP contribution is 2.17. The lowest BCUT2D eigenvalue weighted by Gasteiger charge is -2.23. The Morgan fingerprint density at radius 2 is 1.96 bits per heavy atom. The minimum absolute atomic E-state index is 0.0679. The normalized spacial score (nSPS) is 16.7. The van der Waals surface area contributed by atoms with Crippen molar-refractivity contribution in [2.45, 2.75) is 71.0 Å². The number of nitrogens with two attached hydrogens (primary N) is 1. The lowest BCUT2D eigenvalue weighted by Crippen LogP contribution is -2.41. The summed E-state index contributed by atoms with van der Waals surface area (Å²) in [4.78, 5) is 16.6. The van der Waals surface area contributed by atoms with E-state index in [4.69, 9.17) is 5.73 Å². The van der Waals surface area contributed by atoms with Crippen molar-refractivity contribution in [1.29, 1.82) is 0 Å². The van der Waals surface area contributed by atoms with Crippen LogP contribution in [-0.4, -0.2) is 23.4 Å². The average molecular weight is 330 g/mol. The van der Waals surface area contributed by atoms with Gasteiger partial charge in [0.05, 0.1) is 6.54 Å². The van der Waals surface area contributed by atoms with Crippen molar-refractivity contribution in [2.24, 2.45) is 10.7 Å². The average Bonchev–Trinajstić information content (AvgIpc) is 2.53. The summed E-state index contributed by atoms with van der Waals surface area (Å²) in [6.45, 7) is 6.38. The van der Waals surface area contributed by atoms with Gasteiger partial charge in [0, 0.05) is 17.1 Å². The van der Waals surface area contributed by atoms with E-state index < -0.39 is 0 Å². The van der Waals surface area contributed by atoms with Gasteiger partial charge in [-0.25, -0.2) is 4.99 Å². The molecule has 0 bridgehead atoms. The first-order chi connectivity index (χ1) is 11.3. The zero-order valence-corrected chi connectivity index (χ0v) is 15.1. The third-order valence-corrected chi connectivity index (χ3v) is 4.07. The maximum Gasteiger partial charge on any atom is 0.251 e. The first-order valence-electron chi connectivity index (χ1n) is 8.81. The number of benzene rings is 1. The molecule has 0 spiro atoms. The van der Waals surface area contributed by atoms with E-state index in [1.54, 1.807) is 0 Å². The van der Waals surface area contributed by atoms with Crippen molar-refractivity contribution in [1.82, 2.24) is 10.6 Å². The number of aliphatic imine (C=N–C) groups is 1. The topological polar surface area (TPSA) is 79.5 Å². The third kappa shape index (κ3) is 6.22. The number of amides is 1. The number of rotatable bonds is 4. The number of nitrogens with zero attached hydrogens (tertiary/aromatic N) is 1. The molecule has 0 heterocycles. The molecule has 0 radical (unpaired) electrons. The van der Waals surface area contributed by atoms with E-state index in [0.29, 0.717) is 24.1 Å². The summed E-state index contributed by atoms with van der Waals surface area (Å²) in [6.07, 6.45) is 6.17. The fourth-order valence-corrected chi connectivity index (χ4v) is 2.90. The van der Waals surface area contributed by atoms with Gasteiger partial charge < -0.3 is 16.4 Å². The summed E-state index contributed by atoms with van der Waals surface area (Å²) in [6, 6.07) is 7.99. The summed E-state index contributed by atoms with van der Waals surface area (Å²) in [5.74, 6) is 0.424. The standard InChI is InChI=1S/C19H30N4O/c1-19(2,3)23-17(24)15-9-7-8-14(12-15)13-21-18(20)22-16-10-5-4-6-11-16/h7-9,12,16H,4-6,10-11,13H2,1-3H3,(H,23,24)(H3,20,21,22). The van der Waals surface area contributed by atoms with Crippen molar-refractivity contribution >= 4 is 11.9 Å². The van der Waals surface area contributed by atoms with Gasteiger partial charge in [-0.1, -0.05) is 31.4 Å². The Morgan fingerprint density at radius 1 is 1.25 bits per heavy atom. The maximum atomic E-state index is 12.2. The zero-order chi connectivity index (χ0) is 17.6. The van der Waals surface area contributed by atoms with E-state index in [0.717, 1.165) is 5.56 Å². The summed E-state index contributed by atoms with van der Waals surface area (Å²) in [7, 11) is 0. The highest BCUT2D eigenvalue weighted by Gasteiger charge is 2.15. The van der Waals surface area contributed by atoms with Crippen molar-refractivity contribution in [2.75, 3.05) is 0 Å². The van der Waals surface area contributed by atoms with E-state index >= 15 is 0 Å². The Hall–Kier alpha value is -2.04. The van der Waals surface area contributed by atoms with Crippen LogP contribution < -0.4 is 16.4 Å². The first-order valence-corrected chi connectivity index (χ1v) is 8.81. The van der Waals surface area contributed by atoms with E-state index in [9.17, 15) is 4.79 Å². The lowest BCUT2D eigenvalue weighted by atomic mass is 9.96. The van der Waals surface area contributed by atoms with Crippen LogP contribution in [0.3, 0.4) is 0 Å². The lowest BCUT2D eigenvalue weighted by molar-refractivity contribution is 0.0919. The second-order valence-corrected chi connectivity index (χ2v) is 7.59. The Kier molecular flexibility index (Phi) is 6.23. The minimum atomic E-state index is -0.250. The molecular formula is C19H30N4O. The Balaban J connectivity index is 1.93. The maximum absolute atomic E-state index is 12.2. The molecule has 0 unspecified atom stereocenters. The van der Waals surface area contributed by atoms with Crippen LogP contribution in [0.4, 0.5) is 0 Å². The Morgan fingerprint density at radius 3 is 2.62 bits per heavy atom. The summed E-state index contributed by atoms with van der Waals surface area (Å²) >= 11 is 0. The fourth-order valence-electron chi connectivity index (χ4n) is 2.90. The summed E-state index contributed by atoms with van der Waals surface area (Å²) < 4.78 is 0. The van der Waals surface area contributed by atoms with Crippen molar-refractivity contribution in [3.8, 4) is 0 Å². The van der Waals surface area contributed by atoms with Gasteiger partial charge in [-0.2, -0.15) is 0 Å². The number of hydrogen-bond acceptors (Lipinski definition) is 2. The van der Waals surface area contributed by atoms with Crippen molar-refractivity contribution in [3.05, 3.63) is 35.4 Å². The molecule has 1 saturated carbocycles. The molecule has 5 heteroatoms. The molecule has 24 heavy (non-hydrogen) atoms. The van der Waals surface area contributed by atoms with Crippen LogP contribution in [0.1, 0.15) is 68.8 Å². The molecule has 0 aromatic heterocycles. The highest BCUT2D eigenvalue weighted by atomic mass is 16.1. The van der Waals surface area contributed by atoms with Crippen LogP contribution in [0.15, 0.2) is 29.3 Å². The summed E-state index contributed by atoms with van der Waals surface area (Å²) in [5.41, 5.74) is 7.37. The molecule has 132 valence electrons. The molecule has 0 saturated heterocycles. The molecule has 1 aliphatic carbocycles. The van der Waals surface area contributed by atoms with Crippen molar-refractivity contribution < 1.29 is 4.79 Å². The van der Waals surface area contributed by atoms with E-state index in [2.05, 4.69) is 15.6 Å². The second-order valence-electron chi connectivity index (χ2n) is 7.59. The Labute approximate surface area is 145 Å². The number of carbonyl (C=O) groups excluding carboxylic acids is 1. The SMILES string of the molecule is CC(C)(C)NC(=O)c1cccc(CN=C(N)NC2CCCCC2)c1. The predicted octanol–water partition coefficient (Wildman–Crippen LogP) is 2.95. The van der Waals surface area contributed by atoms with Gasteiger partial charge in [-0.15, -0.1) is 0 Å². The van der Waals surface area contributed by atoms with Gasteiger partial charge in [-0.05, 0) is 51.3 Å². The molecule has 2 rings (SSSR count). The molecule has 1 aliphatic rings. The monoisotopic (exact) mass is 330 g/mol. The van der Waals surface area contributed by atoms with Crippen LogP contribution in [0, 0.1) is 0 Å². The Bertz CT molecular complexity index is 583. The molecule has 1 amide bonds. The van der Waals surface area contributed by atoms with Crippen LogP contribution in [-0.2, 0) is 6.54 Å². The van der Waals surface area contributed by atoms with Gasteiger partial charge in [0.15, 0.2) is 5.96 Å². The molecule has 4 N–H and O–H groups in total. The zero-order valence-electron chi connectivity index (χ0n) is 15.1. The molecule has 0 aliphatic heterocycles. The van der Waals surface area contributed by atoms with Gasteiger partial charge in [-0.3, -0.25) is 4.79 Å². The van der Waals surface area contributed by atoms with E-state index in [-0.39, 0.29) is 11.4 Å². The van der Waals surface area contributed by atoms with Gasteiger partial charge >= 0.3 is 0 Å². The van der Waals surface area contributed by atoms with Gasteiger partial charge in [0.2, 0.25) is 0 Å². The molecular weight excluding hydrogens is 300 g/mol. The van der Waals surface area contributed by atoms with E-state index in [1.165, 1.54) is 32.1 Å². The first kappa shape index (κ1) is 18.3. The van der Waals surface area contributed by atoms with Crippen LogP contribution in [0.2, 0.25) is 0 Å². The van der Waals surface area contributed by atoms with Crippen molar-refractivity contribution in [3.63, 3.8) is 0 Å². The van der Waals surface area contributed by atoms with Gasteiger partial charge in [0.1, 0.15) is 0 Å². The summed E-state index contributed by atoms with van der Waals surface area (Å²) in [5, 5.41) is 6.28. The third-order valence-electron chi connectivity index (χ3n) is 4.07. The number of hydrogen-bond donors (Lipinski definition) is 3. The number of carbonyl (C=O) groups is 1. The smallest absolute Gasteiger partial charge is 0.251 e. The molecule has 0 atom stereocenters. The van der Waals surface area contributed by atoms with Gasteiger partial charge in [0.25, 0.3) is 5.91 Å². The van der Waals surface area contributed by atoms with Crippen LogP contribution in [0.25, 0.3) is 0 Å². The van der Waals surface area contributed by atoms with Crippen LogP contribution in [0.5, 0.6) is 0 Å². The van der Waals surface area contributed by atoms with E-state index in [1.807, 2.05) is 45.0 Å². The largest absolute Gasteiger partial charge is 0.370 e. The molecule has 1 fully saturated rings. The second kappa shape index (κ2) is 8.18. The molecule has 1 aromatic rings. The fraction of sp³-hybridized carbons (Fsp3) is 0.579. The number of guanidine groups is 1. The molecule has 1 aromatic carbocycles. The number of nitrogens with one attached hydrogen (secondary N) is 2. The van der Waals surface area contributed by atoms with Crippen LogP contribution >= 0.6 is 0 Å².